The van der Waals surface area contributed by atoms with Gasteiger partial charge in [0.1, 0.15) is 0 Å². The Kier molecular flexibility index (Phi) is 5.79. The van der Waals surface area contributed by atoms with Crippen LogP contribution in [0.25, 0.3) is 11.1 Å². The van der Waals surface area contributed by atoms with Gasteiger partial charge in [-0.05, 0) is 36.6 Å². The molecule has 0 aromatic heterocycles. The lowest BCUT2D eigenvalue weighted by molar-refractivity contribution is 0.684. The summed E-state index contributed by atoms with van der Waals surface area (Å²) in [6.07, 6.45) is 2.39. The maximum Gasteiger partial charge on any atom is 0.0994 e. The molecular formula is C20H22N2S2. The minimum atomic E-state index is 0.114. The highest BCUT2D eigenvalue weighted by atomic mass is 32.2. The van der Waals surface area contributed by atoms with Crippen molar-refractivity contribution in [2.75, 3.05) is 0 Å². The molecule has 0 aliphatic heterocycles. The van der Waals surface area contributed by atoms with Crippen LogP contribution in [-0.2, 0) is 0 Å². The molecule has 0 spiro atoms. The Morgan fingerprint density at radius 3 is 2.54 bits per heavy atom. The van der Waals surface area contributed by atoms with Crippen LogP contribution in [0, 0.1) is 23.7 Å². The molecule has 2 nitrogen and oxygen atoms in total. The first kappa shape index (κ1) is 18.6. The number of nitrogens with zero attached hydrogens (tertiary/aromatic N) is 1. The molecule has 0 aliphatic rings. The Morgan fingerprint density at radius 2 is 2.00 bits per heavy atom. The van der Waals surface area contributed by atoms with E-state index in [9.17, 15) is 0 Å². The van der Waals surface area contributed by atoms with Crippen molar-refractivity contribution in [3.8, 4) is 17.2 Å². The zero-order valence-corrected chi connectivity index (χ0v) is 16.2. The Bertz CT molecular complexity index is 817. The van der Waals surface area contributed by atoms with Gasteiger partial charge < -0.3 is 5.41 Å². The van der Waals surface area contributed by atoms with Gasteiger partial charge in [0, 0.05) is 31.9 Å². The third kappa shape index (κ3) is 3.85. The molecule has 2 rings (SSSR count). The number of aryl methyl sites for hydroxylation is 1. The molecule has 0 unspecified atom stereocenters. The van der Waals surface area contributed by atoms with Crippen LogP contribution >= 0.6 is 24.4 Å². The van der Waals surface area contributed by atoms with E-state index in [1.807, 2.05) is 43.0 Å². The van der Waals surface area contributed by atoms with Crippen LogP contribution in [0.4, 0.5) is 0 Å². The summed E-state index contributed by atoms with van der Waals surface area (Å²) >= 11 is 6.53. The third-order valence-electron chi connectivity index (χ3n) is 4.20. The number of hydrogen-bond donors (Lipinski definition) is 2. The van der Waals surface area contributed by atoms with Crippen LogP contribution in [0.3, 0.4) is 0 Å². The van der Waals surface area contributed by atoms with E-state index in [1.54, 1.807) is 0 Å². The van der Waals surface area contributed by atoms with E-state index in [4.69, 9.17) is 23.3 Å². The SMILES string of the molecule is CCC(C)(C)Sc1ccc(C=N)c(S)c1-c1ccc(C#N)c(C)c1. The number of nitrogens with one attached hydrogen (secondary N) is 1. The molecule has 1 N–H and O–H groups in total. The van der Waals surface area contributed by atoms with E-state index in [-0.39, 0.29) is 4.75 Å². The van der Waals surface area contributed by atoms with Gasteiger partial charge in [0.05, 0.1) is 11.6 Å². The standard InChI is InChI=1S/C20H22N2S2/c1-5-20(3,4)24-17-9-8-16(12-22)19(23)18(17)14-6-7-15(11-21)13(2)10-14/h6-10,12,22-23H,5H2,1-4H3. The summed E-state index contributed by atoms with van der Waals surface area (Å²) in [6.45, 7) is 8.60. The second kappa shape index (κ2) is 7.46. The number of rotatable bonds is 5. The largest absolute Gasteiger partial charge is 0.308 e. The minimum absolute atomic E-state index is 0.114. The molecule has 124 valence electrons. The van der Waals surface area contributed by atoms with Crippen molar-refractivity contribution in [3.63, 3.8) is 0 Å². The maximum absolute atomic E-state index is 9.16. The molecule has 0 amide bonds. The highest BCUT2D eigenvalue weighted by Gasteiger charge is 2.21. The molecule has 0 saturated heterocycles. The van der Waals surface area contributed by atoms with Crippen LogP contribution in [-0.4, -0.2) is 11.0 Å². The van der Waals surface area contributed by atoms with Crippen LogP contribution < -0.4 is 0 Å². The average Bonchev–Trinajstić information content (AvgIpc) is 2.55. The summed E-state index contributed by atoms with van der Waals surface area (Å²) in [5.41, 5.74) is 4.52. The number of hydrogen-bond acceptors (Lipinski definition) is 4. The Morgan fingerprint density at radius 1 is 1.29 bits per heavy atom. The predicted molar refractivity (Wildman–Crippen MR) is 107 cm³/mol. The zero-order valence-electron chi connectivity index (χ0n) is 14.5. The van der Waals surface area contributed by atoms with Crippen molar-refractivity contribution in [1.29, 1.82) is 10.7 Å². The van der Waals surface area contributed by atoms with Gasteiger partial charge >= 0.3 is 0 Å². The molecule has 4 heteroatoms. The quantitative estimate of drug-likeness (QED) is 0.387. The van der Waals surface area contributed by atoms with Crippen LogP contribution in [0.2, 0.25) is 0 Å². The van der Waals surface area contributed by atoms with Crippen LogP contribution in [0.1, 0.15) is 43.9 Å². The zero-order chi connectivity index (χ0) is 17.9. The molecule has 0 heterocycles. The number of benzene rings is 2. The molecule has 0 saturated carbocycles. The first-order valence-corrected chi connectivity index (χ1v) is 9.16. The van der Waals surface area contributed by atoms with E-state index in [1.165, 1.54) is 6.21 Å². The smallest absolute Gasteiger partial charge is 0.0994 e. The monoisotopic (exact) mass is 354 g/mol. The molecular weight excluding hydrogens is 332 g/mol. The molecule has 2 aromatic rings. The summed E-state index contributed by atoms with van der Waals surface area (Å²) < 4.78 is 0.114. The van der Waals surface area contributed by atoms with E-state index in [0.29, 0.717) is 5.56 Å². The molecule has 0 bridgehead atoms. The lowest BCUT2D eigenvalue weighted by Crippen LogP contribution is -2.12. The second-order valence-corrected chi connectivity index (χ2v) is 8.57. The number of thiol groups is 1. The van der Waals surface area contributed by atoms with Crippen molar-refractivity contribution in [3.05, 3.63) is 47.0 Å². The van der Waals surface area contributed by atoms with Crippen molar-refractivity contribution < 1.29 is 0 Å². The minimum Gasteiger partial charge on any atom is -0.308 e. The Balaban J connectivity index is 2.68. The van der Waals surface area contributed by atoms with Gasteiger partial charge in [-0.15, -0.1) is 24.4 Å². The lowest BCUT2D eigenvalue weighted by Gasteiger charge is -2.25. The van der Waals surface area contributed by atoms with Crippen molar-refractivity contribution in [2.24, 2.45) is 0 Å². The maximum atomic E-state index is 9.16. The fourth-order valence-corrected chi connectivity index (χ4v) is 4.05. The molecule has 24 heavy (non-hydrogen) atoms. The highest BCUT2D eigenvalue weighted by Crippen LogP contribution is 2.44. The van der Waals surface area contributed by atoms with E-state index in [2.05, 4.69) is 32.9 Å². The summed E-state index contributed by atoms with van der Waals surface area (Å²) in [5, 5.41) is 16.8. The van der Waals surface area contributed by atoms with Gasteiger partial charge in [0.2, 0.25) is 0 Å². The number of nitriles is 1. The van der Waals surface area contributed by atoms with Gasteiger partial charge in [-0.2, -0.15) is 5.26 Å². The van der Waals surface area contributed by atoms with Gasteiger partial charge in [-0.3, -0.25) is 0 Å². The first-order valence-electron chi connectivity index (χ1n) is 7.89. The summed E-state index contributed by atoms with van der Waals surface area (Å²) in [7, 11) is 0. The summed E-state index contributed by atoms with van der Waals surface area (Å²) in [6, 6.07) is 12.1. The van der Waals surface area contributed by atoms with Crippen LogP contribution in [0.15, 0.2) is 40.1 Å². The average molecular weight is 355 g/mol. The highest BCUT2D eigenvalue weighted by molar-refractivity contribution is 8.00. The predicted octanol–water partition coefficient (Wildman–Crippen LogP) is 6.10. The molecule has 0 radical (unpaired) electrons. The van der Waals surface area contributed by atoms with E-state index >= 15 is 0 Å². The van der Waals surface area contributed by atoms with Crippen molar-refractivity contribution in [2.45, 2.75) is 48.7 Å². The van der Waals surface area contributed by atoms with Gasteiger partial charge in [0.15, 0.2) is 0 Å². The van der Waals surface area contributed by atoms with E-state index in [0.717, 1.165) is 38.5 Å². The summed E-state index contributed by atoms with van der Waals surface area (Å²) in [4.78, 5) is 1.97. The van der Waals surface area contributed by atoms with Crippen molar-refractivity contribution in [1.82, 2.24) is 0 Å². The van der Waals surface area contributed by atoms with Gasteiger partial charge in [-0.1, -0.05) is 39.0 Å². The van der Waals surface area contributed by atoms with Crippen molar-refractivity contribution >= 4 is 30.6 Å². The van der Waals surface area contributed by atoms with E-state index < -0.39 is 0 Å². The van der Waals surface area contributed by atoms with Gasteiger partial charge in [-0.25, -0.2) is 0 Å². The fourth-order valence-electron chi connectivity index (χ4n) is 2.38. The lowest BCUT2D eigenvalue weighted by atomic mass is 9.98. The molecule has 2 aromatic carbocycles. The second-order valence-electron chi connectivity index (χ2n) is 6.38. The molecule has 0 fully saturated rings. The van der Waals surface area contributed by atoms with Gasteiger partial charge in [0.25, 0.3) is 0 Å². The Labute approximate surface area is 154 Å². The van der Waals surface area contributed by atoms with Crippen LogP contribution in [0.5, 0.6) is 0 Å². The normalized spacial score (nSPS) is 11.2. The molecule has 0 atom stereocenters. The Hall–Kier alpha value is -1.70. The third-order valence-corrected chi connectivity index (χ3v) is 6.08. The fraction of sp³-hybridized carbons (Fsp3) is 0.300. The number of thioether (sulfide) groups is 1. The molecule has 0 aliphatic carbocycles. The summed E-state index contributed by atoms with van der Waals surface area (Å²) in [5.74, 6) is 0. The first-order chi connectivity index (χ1) is 11.3. The topological polar surface area (TPSA) is 47.6 Å².